The molecular weight excluding hydrogens is 233 g/mol. The molecule has 1 heterocycles. The zero-order valence-corrected chi connectivity index (χ0v) is 11.1. The van der Waals surface area contributed by atoms with Gasteiger partial charge in [0.05, 0.1) is 0 Å². The Morgan fingerprint density at radius 2 is 2.29 bits per heavy atom. The van der Waals surface area contributed by atoms with Crippen LogP contribution in [0.2, 0.25) is 0 Å². The van der Waals surface area contributed by atoms with Gasteiger partial charge in [-0.1, -0.05) is 6.07 Å². The highest BCUT2D eigenvalue weighted by atomic mass is 32.1. The van der Waals surface area contributed by atoms with E-state index in [0.29, 0.717) is 5.92 Å². The van der Waals surface area contributed by atoms with E-state index < -0.39 is 5.60 Å². The first-order chi connectivity index (χ1) is 7.85. The molecule has 90 valence electrons. The summed E-state index contributed by atoms with van der Waals surface area (Å²) < 4.78 is 6.03. The van der Waals surface area contributed by atoms with Crippen molar-refractivity contribution >= 4 is 30.1 Å². The number of ether oxygens (including phenoxy) is 1. The average molecular weight is 249 g/mol. The van der Waals surface area contributed by atoms with E-state index in [1.807, 2.05) is 26.8 Å². The van der Waals surface area contributed by atoms with Crippen LogP contribution in [0.4, 0.5) is 4.79 Å². The number of carbonyl (C=O) groups is 1. The summed E-state index contributed by atoms with van der Waals surface area (Å²) in [7, 11) is 5.68. The molecule has 1 aliphatic rings. The molecule has 1 saturated carbocycles. The van der Waals surface area contributed by atoms with Crippen molar-refractivity contribution in [2.75, 3.05) is 0 Å². The molecule has 3 nitrogen and oxygen atoms in total. The van der Waals surface area contributed by atoms with Crippen LogP contribution in [0.3, 0.4) is 0 Å². The topological polar surface area (TPSA) is 38.3 Å². The number of alkyl carbamates (subject to hydrolysis) is 1. The zero-order chi connectivity index (χ0) is 12.6. The number of hydrogen-bond acceptors (Lipinski definition) is 3. The standard InChI is InChI=1S/C12H16BNO2S/c1-12(2,3)16-11(15)14-9-5-8(9)7-4-10(13)17-6-7/h4,6,8-9H,5H2,1-3H3,(H,14,15). The fourth-order valence-electron chi connectivity index (χ4n) is 1.74. The smallest absolute Gasteiger partial charge is 0.407 e. The van der Waals surface area contributed by atoms with Crippen molar-refractivity contribution in [1.82, 2.24) is 5.32 Å². The minimum Gasteiger partial charge on any atom is -0.444 e. The lowest BCUT2D eigenvalue weighted by Gasteiger charge is -2.19. The van der Waals surface area contributed by atoms with Crippen LogP contribution >= 0.6 is 11.3 Å². The van der Waals surface area contributed by atoms with Gasteiger partial charge in [0.15, 0.2) is 0 Å². The number of thiophene rings is 1. The molecule has 1 N–H and O–H groups in total. The molecule has 1 aromatic rings. The van der Waals surface area contributed by atoms with E-state index in [4.69, 9.17) is 12.6 Å². The Morgan fingerprint density at radius 3 is 2.82 bits per heavy atom. The number of carbonyl (C=O) groups excluding carboxylic acids is 1. The number of nitrogens with one attached hydrogen (secondary N) is 1. The minimum atomic E-state index is -0.443. The first kappa shape index (κ1) is 12.5. The lowest BCUT2D eigenvalue weighted by molar-refractivity contribution is 0.0523. The first-order valence-electron chi connectivity index (χ1n) is 5.68. The van der Waals surface area contributed by atoms with Crippen molar-refractivity contribution in [3.63, 3.8) is 0 Å². The summed E-state index contributed by atoms with van der Waals surface area (Å²) in [6, 6.07) is 2.17. The predicted molar refractivity (Wildman–Crippen MR) is 70.2 cm³/mol. The molecular formula is C12H16BNO2S. The van der Waals surface area contributed by atoms with Crippen molar-refractivity contribution in [3.8, 4) is 0 Å². The summed E-state index contributed by atoms with van der Waals surface area (Å²) in [5, 5.41) is 4.92. The third kappa shape index (κ3) is 3.50. The number of hydrogen-bond donors (Lipinski definition) is 1. The molecule has 0 bridgehead atoms. The minimum absolute atomic E-state index is 0.193. The van der Waals surface area contributed by atoms with Gasteiger partial charge in [-0.3, -0.25) is 0 Å². The van der Waals surface area contributed by atoms with Crippen molar-refractivity contribution in [2.45, 2.75) is 44.8 Å². The van der Waals surface area contributed by atoms with Crippen LogP contribution in [-0.2, 0) is 4.74 Å². The van der Waals surface area contributed by atoms with Gasteiger partial charge in [-0.25, -0.2) is 4.79 Å². The molecule has 2 rings (SSSR count). The molecule has 2 atom stereocenters. The third-order valence-electron chi connectivity index (χ3n) is 2.56. The summed E-state index contributed by atoms with van der Waals surface area (Å²) in [6.45, 7) is 5.57. The van der Waals surface area contributed by atoms with Gasteiger partial charge in [0.2, 0.25) is 0 Å². The van der Waals surface area contributed by atoms with E-state index >= 15 is 0 Å². The van der Waals surface area contributed by atoms with Crippen molar-refractivity contribution < 1.29 is 9.53 Å². The van der Waals surface area contributed by atoms with E-state index in [1.165, 1.54) is 16.9 Å². The van der Waals surface area contributed by atoms with Crippen molar-refractivity contribution in [2.24, 2.45) is 0 Å². The van der Waals surface area contributed by atoms with E-state index in [1.54, 1.807) is 0 Å². The van der Waals surface area contributed by atoms with Gasteiger partial charge in [-0.15, -0.1) is 0 Å². The van der Waals surface area contributed by atoms with Gasteiger partial charge in [-0.05, 0) is 42.9 Å². The molecule has 5 heteroatoms. The summed E-state index contributed by atoms with van der Waals surface area (Å²) >= 11 is 1.54. The maximum absolute atomic E-state index is 11.5. The van der Waals surface area contributed by atoms with Crippen molar-refractivity contribution in [1.29, 1.82) is 0 Å². The first-order valence-corrected chi connectivity index (χ1v) is 6.56. The van der Waals surface area contributed by atoms with Gasteiger partial charge < -0.3 is 10.1 Å². The van der Waals surface area contributed by atoms with Crippen LogP contribution in [0.25, 0.3) is 0 Å². The van der Waals surface area contributed by atoms with Gasteiger partial charge in [-0.2, -0.15) is 11.3 Å². The molecule has 17 heavy (non-hydrogen) atoms. The van der Waals surface area contributed by atoms with E-state index in [2.05, 4.69) is 10.7 Å². The highest BCUT2D eigenvalue weighted by molar-refractivity contribution is 7.18. The molecule has 1 fully saturated rings. The Hall–Kier alpha value is -0.965. The van der Waals surface area contributed by atoms with Crippen LogP contribution in [0.5, 0.6) is 0 Å². The van der Waals surface area contributed by atoms with Crippen LogP contribution in [0.15, 0.2) is 11.4 Å². The van der Waals surface area contributed by atoms with Gasteiger partial charge in [0, 0.05) is 12.0 Å². The summed E-state index contributed by atoms with van der Waals surface area (Å²) in [5.74, 6) is 0.399. The largest absolute Gasteiger partial charge is 0.444 e. The maximum Gasteiger partial charge on any atom is 0.407 e. The van der Waals surface area contributed by atoms with E-state index in [-0.39, 0.29) is 12.1 Å². The Balaban J connectivity index is 1.82. The van der Waals surface area contributed by atoms with Crippen LogP contribution in [-0.4, -0.2) is 25.6 Å². The lowest BCUT2D eigenvalue weighted by Crippen LogP contribution is -2.34. The van der Waals surface area contributed by atoms with Gasteiger partial charge in [0.25, 0.3) is 0 Å². The van der Waals surface area contributed by atoms with Crippen LogP contribution in [0, 0.1) is 0 Å². The van der Waals surface area contributed by atoms with Crippen molar-refractivity contribution in [3.05, 3.63) is 17.0 Å². The Morgan fingerprint density at radius 1 is 1.59 bits per heavy atom. The van der Waals surface area contributed by atoms with Crippen LogP contribution < -0.4 is 10.1 Å². The van der Waals surface area contributed by atoms with Crippen LogP contribution in [0.1, 0.15) is 38.7 Å². The SMILES string of the molecule is [B]c1cc(C2CC2NC(=O)OC(C)(C)C)cs1. The second-order valence-electron chi connectivity index (χ2n) is 5.38. The molecule has 0 aromatic carbocycles. The molecule has 0 spiro atoms. The monoisotopic (exact) mass is 249 g/mol. The molecule has 0 saturated heterocycles. The second kappa shape index (κ2) is 4.37. The number of rotatable bonds is 2. The Kier molecular flexibility index (Phi) is 3.21. The van der Waals surface area contributed by atoms with Gasteiger partial charge in [0.1, 0.15) is 13.4 Å². The number of amides is 1. The average Bonchev–Trinajstić information content (AvgIpc) is 2.75. The molecule has 2 radical (unpaired) electrons. The molecule has 0 aliphatic heterocycles. The second-order valence-corrected chi connectivity index (χ2v) is 6.32. The Bertz CT molecular complexity index is 424. The molecule has 2 unspecified atom stereocenters. The van der Waals surface area contributed by atoms with E-state index in [9.17, 15) is 4.79 Å². The molecule has 1 amide bonds. The third-order valence-corrected chi connectivity index (χ3v) is 3.34. The quantitative estimate of drug-likeness (QED) is 0.813. The molecule has 1 aliphatic carbocycles. The van der Waals surface area contributed by atoms with Gasteiger partial charge >= 0.3 is 6.09 Å². The van der Waals surface area contributed by atoms with E-state index in [0.717, 1.165) is 11.2 Å². The summed E-state index contributed by atoms with van der Waals surface area (Å²) in [4.78, 5) is 11.5. The lowest BCUT2D eigenvalue weighted by atomic mass is 10.1. The fourth-order valence-corrected chi connectivity index (χ4v) is 2.46. The fraction of sp³-hybridized carbons (Fsp3) is 0.583. The Labute approximate surface area is 107 Å². The molecule has 1 aromatic heterocycles. The summed E-state index contributed by atoms with van der Waals surface area (Å²) in [6.07, 6.45) is 0.628. The summed E-state index contributed by atoms with van der Waals surface area (Å²) in [5.41, 5.74) is 0.773. The predicted octanol–water partition coefficient (Wildman–Crippen LogP) is 1.92. The maximum atomic E-state index is 11.5. The highest BCUT2D eigenvalue weighted by Crippen LogP contribution is 2.41. The highest BCUT2D eigenvalue weighted by Gasteiger charge is 2.40. The zero-order valence-electron chi connectivity index (χ0n) is 10.3. The normalized spacial score (nSPS) is 23.2.